The van der Waals surface area contributed by atoms with Crippen molar-refractivity contribution in [3.8, 4) is 17.2 Å². The molecule has 4 atom stereocenters. The van der Waals surface area contributed by atoms with E-state index in [9.17, 15) is 19.2 Å². The maximum Gasteiger partial charge on any atom is 0.510 e. The van der Waals surface area contributed by atoms with Crippen LogP contribution in [0.2, 0.25) is 0 Å². The van der Waals surface area contributed by atoms with E-state index in [1.165, 1.54) is 0 Å². The highest BCUT2D eigenvalue weighted by Gasteiger charge is 2.29. The van der Waals surface area contributed by atoms with Crippen molar-refractivity contribution in [1.82, 2.24) is 0 Å². The summed E-state index contributed by atoms with van der Waals surface area (Å²) in [5, 5.41) is 3.41. The molecule has 0 aromatic heterocycles. The number of fused-ring (bicyclic) bond motifs is 2. The van der Waals surface area contributed by atoms with Gasteiger partial charge < -0.3 is 56.8 Å². The van der Waals surface area contributed by atoms with Crippen LogP contribution in [0.3, 0.4) is 0 Å². The normalized spacial score (nSPS) is 22.0. The Bertz CT molecular complexity index is 1910. The molecule has 16 heteroatoms. The summed E-state index contributed by atoms with van der Waals surface area (Å²) < 4.78 is 64.7. The molecular weight excluding hydrogens is 700 g/mol. The van der Waals surface area contributed by atoms with Gasteiger partial charge in [0.2, 0.25) is 6.29 Å². The second-order valence-electron chi connectivity index (χ2n) is 12.5. The maximum absolute atomic E-state index is 11.6. The molecule has 0 radical (unpaired) electrons. The molecule has 16 nitrogen and oxygen atoms in total. The Hall–Kier alpha value is -6.16. The quantitative estimate of drug-likeness (QED) is 0.120. The minimum absolute atomic E-state index is 0.00751. The van der Waals surface area contributed by atoms with Crippen molar-refractivity contribution in [1.29, 1.82) is 0 Å². The molecule has 0 aliphatic carbocycles. The average molecular weight is 733 g/mol. The summed E-state index contributed by atoms with van der Waals surface area (Å²) in [4.78, 5) is 46.1. The lowest BCUT2D eigenvalue weighted by Gasteiger charge is -2.20. The standard InChI is InChI=1S/C37H32O16/c38-34-46-16-24(50-34)13-42-23-6-3-22-5-8-32(44-15-26-18-48-36(40)52-26)30(28(22)10-23)11-29-27-9-20(12-45-33-19-49-37(41)53-33)1-2-21(27)4-7-31(29)43-14-25-17-47-35(39)51-25/h1-10,24-26,33H,11-19H2. The second-order valence-corrected chi connectivity index (χ2v) is 12.5. The fourth-order valence-electron chi connectivity index (χ4n) is 6.22. The first-order valence-corrected chi connectivity index (χ1v) is 16.8. The molecule has 0 saturated carbocycles. The molecule has 276 valence electrons. The van der Waals surface area contributed by atoms with Crippen LogP contribution in [0.4, 0.5) is 19.2 Å². The molecule has 0 spiro atoms. The van der Waals surface area contributed by atoms with Gasteiger partial charge in [0.05, 0.1) is 6.61 Å². The molecule has 4 aromatic carbocycles. The van der Waals surface area contributed by atoms with Gasteiger partial charge >= 0.3 is 24.6 Å². The lowest BCUT2D eigenvalue weighted by Crippen LogP contribution is -2.21. The molecule has 4 heterocycles. The van der Waals surface area contributed by atoms with Crippen molar-refractivity contribution < 1.29 is 76.0 Å². The molecule has 4 fully saturated rings. The first-order chi connectivity index (χ1) is 25.8. The van der Waals surface area contributed by atoms with E-state index in [2.05, 4.69) is 0 Å². The fraction of sp³-hybridized carbons (Fsp3) is 0.351. The summed E-state index contributed by atoms with van der Waals surface area (Å²) in [6, 6.07) is 18.9. The maximum atomic E-state index is 11.6. The van der Waals surface area contributed by atoms with Gasteiger partial charge in [0.25, 0.3) is 0 Å². The summed E-state index contributed by atoms with van der Waals surface area (Å²) in [5.41, 5.74) is 2.33. The van der Waals surface area contributed by atoms with Crippen LogP contribution < -0.4 is 14.2 Å². The lowest BCUT2D eigenvalue weighted by atomic mass is 9.92. The third-order valence-corrected chi connectivity index (χ3v) is 8.81. The van der Waals surface area contributed by atoms with Gasteiger partial charge in [-0.05, 0) is 57.4 Å². The van der Waals surface area contributed by atoms with Crippen LogP contribution in [-0.2, 0) is 55.7 Å². The van der Waals surface area contributed by atoms with Crippen molar-refractivity contribution in [2.75, 3.05) is 46.2 Å². The molecule has 0 bridgehead atoms. The fourth-order valence-corrected chi connectivity index (χ4v) is 6.22. The number of hydrogen-bond acceptors (Lipinski definition) is 16. The summed E-state index contributed by atoms with van der Waals surface area (Å²) in [6.45, 7) is 0.497. The number of carbonyl (C=O) groups is 4. The van der Waals surface area contributed by atoms with Crippen molar-refractivity contribution in [3.63, 3.8) is 0 Å². The van der Waals surface area contributed by atoms with Gasteiger partial charge in [0.1, 0.15) is 56.9 Å². The third-order valence-electron chi connectivity index (χ3n) is 8.81. The van der Waals surface area contributed by atoms with Crippen LogP contribution in [0.25, 0.3) is 21.5 Å². The topological polar surface area (TPSA) is 179 Å². The molecule has 4 aliphatic heterocycles. The van der Waals surface area contributed by atoms with Crippen molar-refractivity contribution in [2.45, 2.75) is 37.6 Å². The highest BCUT2D eigenvalue weighted by molar-refractivity contribution is 5.92. The van der Waals surface area contributed by atoms with E-state index in [1.54, 1.807) is 0 Å². The Morgan fingerprint density at radius 2 is 1.02 bits per heavy atom. The van der Waals surface area contributed by atoms with Gasteiger partial charge in [-0.3, -0.25) is 0 Å². The van der Waals surface area contributed by atoms with E-state index in [0.29, 0.717) is 17.2 Å². The van der Waals surface area contributed by atoms with Gasteiger partial charge in [0, 0.05) is 17.5 Å². The Morgan fingerprint density at radius 3 is 1.55 bits per heavy atom. The Morgan fingerprint density at radius 1 is 0.528 bits per heavy atom. The molecule has 53 heavy (non-hydrogen) atoms. The van der Waals surface area contributed by atoms with E-state index < -0.39 is 49.2 Å². The SMILES string of the molecule is O=C1OCC(COc2ccc3ccc(OCC4COC(=O)O4)c(Cc4c(OCC5COC(=O)O5)ccc5ccc(COC6COC(=O)O6)cc45)c3c2)O1. The van der Waals surface area contributed by atoms with E-state index in [1.807, 2.05) is 60.7 Å². The van der Waals surface area contributed by atoms with Gasteiger partial charge in [-0.25, -0.2) is 19.2 Å². The smallest absolute Gasteiger partial charge is 0.490 e. The third kappa shape index (κ3) is 7.86. The number of hydrogen-bond donors (Lipinski definition) is 0. The molecule has 4 aliphatic rings. The van der Waals surface area contributed by atoms with Crippen LogP contribution >= 0.6 is 0 Å². The second kappa shape index (κ2) is 14.8. The van der Waals surface area contributed by atoms with Gasteiger partial charge in [-0.2, -0.15) is 0 Å². The largest absolute Gasteiger partial charge is 0.510 e. The molecule has 4 unspecified atom stereocenters. The minimum Gasteiger partial charge on any atom is -0.490 e. The van der Waals surface area contributed by atoms with E-state index in [4.69, 9.17) is 56.8 Å². The monoisotopic (exact) mass is 732 g/mol. The highest BCUT2D eigenvalue weighted by atomic mass is 16.8. The Kier molecular flexibility index (Phi) is 9.50. The van der Waals surface area contributed by atoms with Crippen LogP contribution in [0.1, 0.15) is 16.7 Å². The zero-order valence-corrected chi connectivity index (χ0v) is 28.0. The molecule has 8 rings (SSSR count). The van der Waals surface area contributed by atoms with Crippen molar-refractivity contribution in [3.05, 3.63) is 77.4 Å². The number of carbonyl (C=O) groups excluding carboxylic acids is 4. The van der Waals surface area contributed by atoms with Crippen molar-refractivity contribution in [2.24, 2.45) is 0 Å². The van der Waals surface area contributed by atoms with Gasteiger partial charge in [-0.1, -0.05) is 30.3 Å². The summed E-state index contributed by atoms with van der Waals surface area (Å²) >= 11 is 0. The van der Waals surface area contributed by atoms with E-state index in [-0.39, 0.29) is 59.3 Å². The van der Waals surface area contributed by atoms with Crippen LogP contribution in [0, 0.1) is 0 Å². The van der Waals surface area contributed by atoms with Crippen LogP contribution in [-0.4, -0.2) is 95.5 Å². The zero-order chi connectivity index (χ0) is 36.3. The average Bonchev–Trinajstić information content (AvgIpc) is 3.98. The van der Waals surface area contributed by atoms with E-state index >= 15 is 0 Å². The molecule has 0 N–H and O–H groups in total. The zero-order valence-electron chi connectivity index (χ0n) is 28.0. The number of rotatable bonds is 14. The predicted octanol–water partition coefficient (Wildman–Crippen LogP) is 5.34. The van der Waals surface area contributed by atoms with Crippen LogP contribution in [0.5, 0.6) is 17.2 Å². The molecule has 4 aromatic rings. The minimum atomic E-state index is -0.826. The van der Waals surface area contributed by atoms with Crippen LogP contribution in [0.15, 0.2) is 60.7 Å². The Labute approximate surface area is 300 Å². The van der Waals surface area contributed by atoms with Crippen molar-refractivity contribution >= 4 is 46.2 Å². The number of ether oxygens (including phenoxy) is 12. The summed E-state index contributed by atoms with van der Waals surface area (Å²) in [6.07, 6.45) is -5.33. The van der Waals surface area contributed by atoms with Gasteiger partial charge in [0.15, 0.2) is 24.9 Å². The van der Waals surface area contributed by atoms with E-state index in [0.717, 1.165) is 38.2 Å². The summed E-state index contributed by atoms with van der Waals surface area (Å²) in [7, 11) is 0. The lowest BCUT2D eigenvalue weighted by molar-refractivity contribution is -0.0859. The number of cyclic esters (lactones) is 8. The summed E-state index contributed by atoms with van der Waals surface area (Å²) in [5.74, 6) is 1.55. The van der Waals surface area contributed by atoms with Gasteiger partial charge in [-0.15, -0.1) is 0 Å². The molecule has 0 amide bonds. The predicted molar refractivity (Wildman–Crippen MR) is 177 cm³/mol. The number of benzene rings is 4. The first kappa shape index (κ1) is 34.0. The molecular formula is C37H32O16. The first-order valence-electron chi connectivity index (χ1n) is 16.8. The Balaban J connectivity index is 1.16. The molecule has 4 saturated heterocycles. The highest BCUT2D eigenvalue weighted by Crippen LogP contribution is 2.38.